The van der Waals surface area contributed by atoms with E-state index >= 15 is 0 Å². The molecule has 26 heavy (non-hydrogen) atoms. The number of nitrogens with one attached hydrogen (secondary N) is 1. The summed E-state index contributed by atoms with van der Waals surface area (Å²) in [4.78, 5) is 22.2. The van der Waals surface area contributed by atoms with E-state index in [-0.39, 0.29) is 5.56 Å². The first-order valence-electron chi connectivity index (χ1n) is 7.68. The van der Waals surface area contributed by atoms with Gasteiger partial charge in [0, 0.05) is 17.0 Å². The van der Waals surface area contributed by atoms with Crippen LogP contribution >= 0.6 is 15.9 Å². The van der Waals surface area contributed by atoms with E-state index in [2.05, 4.69) is 26.5 Å². The number of aromatic carboxylic acids is 1. The Bertz CT molecular complexity index is 851. The fraction of sp³-hybridized carbons (Fsp3) is 0.167. The molecule has 0 amide bonds. The van der Waals surface area contributed by atoms with E-state index in [1.807, 2.05) is 6.92 Å². The SMILES string of the molecule is CCOc1cc(/C=N/Nc2cccc(C(=O)O)c2)c(Br)cc1OC(C)=O. The van der Waals surface area contributed by atoms with Crippen molar-refractivity contribution in [3.8, 4) is 11.5 Å². The fourth-order valence-electron chi connectivity index (χ4n) is 2.05. The van der Waals surface area contributed by atoms with Crippen molar-refractivity contribution in [2.45, 2.75) is 13.8 Å². The highest BCUT2D eigenvalue weighted by Gasteiger charge is 2.12. The van der Waals surface area contributed by atoms with Gasteiger partial charge >= 0.3 is 11.9 Å². The highest BCUT2D eigenvalue weighted by Crippen LogP contribution is 2.33. The van der Waals surface area contributed by atoms with Crippen molar-refractivity contribution in [1.82, 2.24) is 0 Å². The van der Waals surface area contributed by atoms with E-state index in [1.165, 1.54) is 25.3 Å². The molecule has 2 aromatic rings. The van der Waals surface area contributed by atoms with Gasteiger partial charge in [0.2, 0.25) is 0 Å². The number of anilines is 1. The van der Waals surface area contributed by atoms with Gasteiger partial charge in [0.25, 0.3) is 0 Å². The molecule has 0 spiro atoms. The molecule has 0 aromatic heterocycles. The van der Waals surface area contributed by atoms with E-state index in [1.54, 1.807) is 24.3 Å². The summed E-state index contributed by atoms with van der Waals surface area (Å²) in [5, 5.41) is 13.1. The van der Waals surface area contributed by atoms with Crippen LogP contribution in [0.4, 0.5) is 5.69 Å². The van der Waals surface area contributed by atoms with E-state index in [9.17, 15) is 9.59 Å². The minimum atomic E-state index is -1.01. The Labute approximate surface area is 158 Å². The number of esters is 1. The third kappa shape index (κ3) is 5.32. The number of hydrogen-bond acceptors (Lipinski definition) is 6. The summed E-state index contributed by atoms with van der Waals surface area (Å²) in [6, 6.07) is 9.61. The van der Waals surface area contributed by atoms with Crippen molar-refractivity contribution in [3.63, 3.8) is 0 Å². The Balaban J connectivity index is 2.21. The Kier molecular flexibility index (Phi) is 6.74. The molecule has 0 bridgehead atoms. The van der Waals surface area contributed by atoms with Crippen LogP contribution in [0.5, 0.6) is 11.5 Å². The quantitative estimate of drug-likeness (QED) is 0.305. The molecule has 8 heteroatoms. The third-order valence-corrected chi connectivity index (χ3v) is 3.81. The van der Waals surface area contributed by atoms with E-state index in [0.29, 0.717) is 33.8 Å². The minimum absolute atomic E-state index is 0.163. The maximum Gasteiger partial charge on any atom is 0.335 e. The maximum absolute atomic E-state index is 11.2. The van der Waals surface area contributed by atoms with Crippen molar-refractivity contribution in [2.75, 3.05) is 12.0 Å². The predicted octanol–water partition coefficient (Wildman–Crippen LogP) is 3.92. The third-order valence-electron chi connectivity index (χ3n) is 3.12. The largest absolute Gasteiger partial charge is 0.490 e. The topological polar surface area (TPSA) is 97.2 Å². The Morgan fingerprint density at radius 1 is 1.27 bits per heavy atom. The van der Waals surface area contributed by atoms with Crippen molar-refractivity contribution < 1.29 is 24.2 Å². The van der Waals surface area contributed by atoms with Crippen molar-refractivity contribution in [1.29, 1.82) is 0 Å². The van der Waals surface area contributed by atoms with Crippen LogP contribution in [0.25, 0.3) is 0 Å². The molecule has 0 aliphatic heterocycles. The first-order chi connectivity index (χ1) is 12.4. The van der Waals surface area contributed by atoms with Crippen LogP contribution in [0.2, 0.25) is 0 Å². The molecule has 2 rings (SSSR count). The summed E-state index contributed by atoms with van der Waals surface area (Å²) in [7, 11) is 0. The first kappa shape index (κ1) is 19.5. The van der Waals surface area contributed by atoms with Crippen molar-refractivity contribution >= 4 is 39.8 Å². The monoisotopic (exact) mass is 420 g/mol. The van der Waals surface area contributed by atoms with Crippen LogP contribution in [0.1, 0.15) is 29.8 Å². The van der Waals surface area contributed by atoms with Gasteiger partial charge < -0.3 is 14.6 Å². The van der Waals surface area contributed by atoms with Crippen LogP contribution in [0.3, 0.4) is 0 Å². The van der Waals surface area contributed by atoms with Crippen LogP contribution in [-0.2, 0) is 4.79 Å². The summed E-state index contributed by atoms with van der Waals surface area (Å²) >= 11 is 3.40. The number of carboxylic acids is 1. The van der Waals surface area contributed by atoms with Gasteiger partial charge in [-0.25, -0.2) is 4.79 Å². The maximum atomic E-state index is 11.2. The van der Waals surface area contributed by atoms with Crippen LogP contribution in [-0.4, -0.2) is 29.9 Å². The van der Waals surface area contributed by atoms with Gasteiger partial charge in [-0.15, -0.1) is 0 Å². The van der Waals surface area contributed by atoms with E-state index in [0.717, 1.165) is 0 Å². The second-order valence-corrected chi connectivity index (χ2v) is 5.96. The average molecular weight is 421 g/mol. The highest BCUT2D eigenvalue weighted by atomic mass is 79.9. The molecule has 2 aromatic carbocycles. The fourth-order valence-corrected chi connectivity index (χ4v) is 2.48. The van der Waals surface area contributed by atoms with Gasteiger partial charge in [0.15, 0.2) is 11.5 Å². The lowest BCUT2D eigenvalue weighted by Gasteiger charge is -2.11. The molecule has 0 radical (unpaired) electrons. The summed E-state index contributed by atoms with van der Waals surface area (Å²) in [6.45, 7) is 3.55. The number of benzene rings is 2. The predicted molar refractivity (Wildman–Crippen MR) is 101 cm³/mol. The lowest BCUT2D eigenvalue weighted by Crippen LogP contribution is -2.05. The zero-order valence-electron chi connectivity index (χ0n) is 14.2. The van der Waals surface area contributed by atoms with Crippen LogP contribution in [0.15, 0.2) is 46.0 Å². The normalized spacial score (nSPS) is 10.6. The molecular weight excluding hydrogens is 404 g/mol. The van der Waals surface area contributed by atoms with Crippen LogP contribution < -0.4 is 14.9 Å². The van der Waals surface area contributed by atoms with E-state index in [4.69, 9.17) is 14.6 Å². The number of hydrogen-bond donors (Lipinski definition) is 2. The molecule has 0 atom stereocenters. The number of halogens is 1. The molecule has 0 fully saturated rings. The number of carbonyl (C=O) groups excluding carboxylic acids is 1. The zero-order valence-corrected chi connectivity index (χ0v) is 15.7. The van der Waals surface area contributed by atoms with Crippen molar-refractivity contribution in [2.24, 2.45) is 5.10 Å². The lowest BCUT2D eigenvalue weighted by molar-refractivity contribution is -0.132. The molecule has 0 saturated carbocycles. The van der Waals surface area contributed by atoms with E-state index < -0.39 is 11.9 Å². The molecule has 136 valence electrons. The van der Waals surface area contributed by atoms with Crippen molar-refractivity contribution in [3.05, 3.63) is 52.0 Å². The number of rotatable bonds is 7. The lowest BCUT2D eigenvalue weighted by atomic mass is 10.2. The molecular formula is C18H17BrN2O5. The summed E-state index contributed by atoms with van der Waals surface area (Å²) < 4.78 is 11.3. The second kappa shape index (κ2) is 9.00. The summed E-state index contributed by atoms with van der Waals surface area (Å²) in [5.41, 5.74) is 4.16. The first-order valence-corrected chi connectivity index (χ1v) is 8.47. The molecule has 0 aliphatic rings. The second-order valence-electron chi connectivity index (χ2n) is 5.10. The molecule has 0 saturated heterocycles. The van der Waals surface area contributed by atoms with Gasteiger partial charge in [-0.1, -0.05) is 6.07 Å². The number of hydrazone groups is 1. The molecule has 0 unspecified atom stereocenters. The number of carboxylic acid groups (broad SMARTS) is 1. The Morgan fingerprint density at radius 2 is 2.04 bits per heavy atom. The number of nitrogens with zero attached hydrogens (tertiary/aromatic N) is 1. The smallest absolute Gasteiger partial charge is 0.335 e. The van der Waals surface area contributed by atoms with Crippen LogP contribution in [0, 0.1) is 0 Å². The van der Waals surface area contributed by atoms with Gasteiger partial charge in [-0.3, -0.25) is 10.2 Å². The summed E-state index contributed by atoms with van der Waals surface area (Å²) in [5.74, 6) is -0.729. The van der Waals surface area contributed by atoms with Gasteiger partial charge in [-0.2, -0.15) is 5.10 Å². The molecule has 0 aliphatic carbocycles. The minimum Gasteiger partial charge on any atom is -0.490 e. The molecule has 2 N–H and O–H groups in total. The summed E-state index contributed by atoms with van der Waals surface area (Å²) in [6.07, 6.45) is 1.54. The van der Waals surface area contributed by atoms with Gasteiger partial charge in [-0.05, 0) is 53.2 Å². The van der Waals surface area contributed by atoms with Gasteiger partial charge in [0.1, 0.15) is 0 Å². The Morgan fingerprint density at radius 3 is 2.69 bits per heavy atom. The number of ether oxygens (including phenoxy) is 2. The molecule has 7 nitrogen and oxygen atoms in total. The average Bonchev–Trinajstić information content (AvgIpc) is 2.58. The zero-order chi connectivity index (χ0) is 19.1. The standard InChI is InChI=1S/C18H17BrN2O5/c1-3-25-16-8-13(15(19)9-17(16)26-11(2)22)10-20-21-14-6-4-5-12(7-14)18(23)24/h4-10,21H,3H2,1-2H3,(H,23,24)/b20-10+. The number of carbonyl (C=O) groups is 2. The molecule has 0 heterocycles. The Hall–Kier alpha value is -2.87. The van der Waals surface area contributed by atoms with Gasteiger partial charge in [0.05, 0.1) is 24.1 Å². The highest BCUT2D eigenvalue weighted by molar-refractivity contribution is 9.10.